The minimum absolute atomic E-state index is 0.0779. The predicted molar refractivity (Wildman–Crippen MR) is 157 cm³/mol. The van der Waals surface area contributed by atoms with Crippen molar-refractivity contribution in [2.45, 2.75) is 155 Å². The van der Waals surface area contributed by atoms with Crippen molar-refractivity contribution in [1.29, 1.82) is 0 Å². The van der Waals surface area contributed by atoms with Crippen LogP contribution in [0.4, 0.5) is 0 Å². The lowest BCUT2D eigenvalue weighted by molar-refractivity contribution is -0.144. The second kappa shape index (κ2) is 28.6. The first-order valence-corrected chi connectivity index (χ1v) is 17.3. The fourth-order valence-corrected chi connectivity index (χ4v) is 4.88. The Labute approximate surface area is 238 Å². The lowest BCUT2D eigenvalue weighted by Gasteiger charge is -2.12. The molecule has 0 saturated heterocycles. The Kier molecular flexibility index (Phi) is 27.9. The Morgan fingerprint density at radius 3 is 1.08 bits per heavy atom. The van der Waals surface area contributed by atoms with Gasteiger partial charge < -0.3 is 14.4 Å². The number of ether oxygens (including phenoxy) is 2. The Morgan fingerprint density at radius 1 is 0.487 bits per heavy atom. The Balaban J connectivity index is 3.37. The topological polar surface area (TPSA) is 108 Å². The molecule has 0 aliphatic heterocycles. The number of esters is 2. The molecule has 0 aromatic rings. The highest BCUT2D eigenvalue weighted by atomic mass is 31.2. The molecule has 0 radical (unpaired) electrons. The van der Waals surface area contributed by atoms with Gasteiger partial charge in [-0.15, -0.1) is 0 Å². The molecule has 39 heavy (non-hydrogen) atoms. The van der Waals surface area contributed by atoms with Gasteiger partial charge in [0.1, 0.15) is 0 Å². The molecule has 0 fully saturated rings. The SMILES string of the molecule is CCCCC(=O)OCCCCCCCCCCOP(=O)(O)OCCCCCCCCCCOC(=O)CCCC. The summed E-state index contributed by atoms with van der Waals surface area (Å²) in [5, 5.41) is 0. The number of phosphoric ester groups is 1. The third kappa shape index (κ3) is 29.8. The smallest absolute Gasteiger partial charge is 0.466 e. The van der Waals surface area contributed by atoms with E-state index in [1.54, 1.807) is 0 Å². The number of rotatable bonds is 30. The van der Waals surface area contributed by atoms with Gasteiger partial charge in [-0.1, -0.05) is 104 Å². The van der Waals surface area contributed by atoms with Crippen LogP contribution in [0.3, 0.4) is 0 Å². The van der Waals surface area contributed by atoms with E-state index < -0.39 is 7.82 Å². The first kappa shape index (κ1) is 38.0. The summed E-state index contributed by atoms with van der Waals surface area (Å²) in [6.07, 6.45) is 21.4. The van der Waals surface area contributed by atoms with Crippen LogP contribution >= 0.6 is 7.82 Å². The van der Waals surface area contributed by atoms with E-state index in [0.717, 1.165) is 128 Å². The molecule has 0 bridgehead atoms. The first-order chi connectivity index (χ1) is 18.9. The molecule has 0 saturated carbocycles. The molecule has 232 valence electrons. The van der Waals surface area contributed by atoms with Crippen LogP contribution in [0.2, 0.25) is 0 Å². The summed E-state index contributed by atoms with van der Waals surface area (Å²) < 4.78 is 32.6. The zero-order valence-corrected chi connectivity index (χ0v) is 26.0. The average Bonchev–Trinajstić information content (AvgIpc) is 2.91. The molecule has 1 N–H and O–H groups in total. The highest BCUT2D eigenvalue weighted by molar-refractivity contribution is 7.47. The third-order valence-electron chi connectivity index (χ3n) is 6.58. The van der Waals surface area contributed by atoms with E-state index in [1.165, 1.54) is 0 Å². The molecule has 0 aliphatic rings. The van der Waals surface area contributed by atoms with Gasteiger partial charge in [-0.3, -0.25) is 18.6 Å². The molecule has 9 heteroatoms. The van der Waals surface area contributed by atoms with Crippen LogP contribution in [0.15, 0.2) is 0 Å². The van der Waals surface area contributed by atoms with Crippen LogP contribution in [-0.4, -0.2) is 43.3 Å². The Bertz CT molecular complexity index is 566. The standard InChI is InChI=1S/C30H59O8P/c1-3-5-23-29(31)35-25-19-15-11-7-9-13-17-21-27-37-39(33,34)38-28-22-18-14-10-8-12-16-20-26-36-30(32)24-6-4-2/h3-28H2,1-2H3,(H,33,34). The highest BCUT2D eigenvalue weighted by Gasteiger charge is 2.19. The van der Waals surface area contributed by atoms with Gasteiger partial charge >= 0.3 is 19.8 Å². The highest BCUT2D eigenvalue weighted by Crippen LogP contribution is 2.43. The van der Waals surface area contributed by atoms with Crippen molar-refractivity contribution in [1.82, 2.24) is 0 Å². The van der Waals surface area contributed by atoms with Crippen molar-refractivity contribution in [2.24, 2.45) is 0 Å². The van der Waals surface area contributed by atoms with E-state index >= 15 is 0 Å². The van der Waals surface area contributed by atoms with Gasteiger partial charge in [0, 0.05) is 12.8 Å². The summed E-state index contributed by atoms with van der Waals surface area (Å²) >= 11 is 0. The summed E-state index contributed by atoms with van der Waals surface area (Å²) in [4.78, 5) is 32.6. The minimum Gasteiger partial charge on any atom is -0.466 e. The van der Waals surface area contributed by atoms with E-state index in [0.29, 0.717) is 26.1 Å². The Hall–Kier alpha value is -0.950. The van der Waals surface area contributed by atoms with Crippen molar-refractivity contribution in [3.05, 3.63) is 0 Å². The van der Waals surface area contributed by atoms with Gasteiger partial charge in [0.15, 0.2) is 0 Å². The molecule has 0 unspecified atom stereocenters. The molecule has 0 aliphatic carbocycles. The fraction of sp³-hybridized carbons (Fsp3) is 0.933. The molecular formula is C30H59O8P. The van der Waals surface area contributed by atoms with Crippen LogP contribution in [-0.2, 0) is 32.7 Å². The van der Waals surface area contributed by atoms with E-state index in [2.05, 4.69) is 13.8 Å². The summed E-state index contributed by atoms with van der Waals surface area (Å²) in [7, 11) is -3.95. The molecule has 0 rings (SSSR count). The fourth-order valence-electron chi connectivity index (χ4n) is 4.09. The molecule has 8 nitrogen and oxygen atoms in total. The normalized spacial score (nSPS) is 11.6. The monoisotopic (exact) mass is 578 g/mol. The van der Waals surface area contributed by atoms with E-state index in [4.69, 9.17) is 18.5 Å². The first-order valence-electron chi connectivity index (χ1n) is 15.8. The van der Waals surface area contributed by atoms with Gasteiger partial charge in [0.25, 0.3) is 0 Å². The van der Waals surface area contributed by atoms with Crippen molar-refractivity contribution < 1.29 is 37.6 Å². The molecular weight excluding hydrogens is 519 g/mol. The van der Waals surface area contributed by atoms with Gasteiger partial charge in [0.2, 0.25) is 0 Å². The number of unbranched alkanes of at least 4 members (excludes halogenated alkanes) is 16. The molecule has 0 aromatic carbocycles. The lowest BCUT2D eigenvalue weighted by Crippen LogP contribution is -2.05. The summed E-state index contributed by atoms with van der Waals surface area (Å²) in [6, 6.07) is 0. The van der Waals surface area contributed by atoms with Crippen molar-refractivity contribution in [3.63, 3.8) is 0 Å². The van der Waals surface area contributed by atoms with Crippen molar-refractivity contribution in [3.8, 4) is 0 Å². The van der Waals surface area contributed by atoms with Crippen LogP contribution in [0, 0.1) is 0 Å². The summed E-state index contributed by atoms with van der Waals surface area (Å²) in [5.74, 6) is -0.156. The predicted octanol–water partition coefficient (Wildman–Crippen LogP) is 8.83. The van der Waals surface area contributed by atoms with Gasteiger partial charge in [-0.05, 0) is 38.5 Å². The number of hydrogen-bond donors (Lipinski definition) is 1. The summed E-state index contributed by atoms with van der Waals surface area (Å²) in [5.41, 5.74) is 0. The second-order valence-corrected chi connectivity index (χ2v) is 11.9. The van der Waals surface area contributed by atoms with Crippen molar-refractivity contribution >= 4 is 19.8 Å². The second-order valence-electron chi connectivity index (χ2n) is 10.4. The van der Waals surface area contributed by atoms with E-state index in [1.807, 2.05) is 0 Å². The number of hydrogen-bond acceptors (Lipinski definition) is 7. The molecule has 0 heterocycles. The third-order valence-corrected chi connectivity index (χ3v) is 7.60. The molecule has 0 atom stereocenters. The largest absolute Gasteiger partial charge is 0.472 e. The van der Waals surface area contributed by atoms with Gasteiger partial charge in [-0.25, -0.2) is 4.57 Å². The minimum atomic E-state index is -3.95. The van der Waals surface area contributed by atoms with Gasteiger partial charge in [0.05, 0.1) is 26.4 Å². The molecule has 0 spiro atoms. The number of phosphoric acid groups is 1. The zero-order chi connectivity index (χ0) is 28.9. The van der Waals surface area contributed by atoms with Crippen LogP contribution < -0.4 is 0 Å². The number of carbonyl (C=O) groups excluding carboxylic acids is 2. The Morgan fingerprint density at radius 2 is 0.769 bits per heavy atom. The van der Waals surface area contributed by atoms with E-state index in [9.17, 15) is 19.0 Å². The molecule has 0 amide bonds. The van der Waals surface area contributed by atoms with Crippen LogP contribution in [0.1, 0.15) is 155 Å². The van der Waals surface area contributed by atoms with E-state index in [-0.39, 0.29) is 25.2 Å². The number of carbonyl (C=O) groups is 2. The maximum atomic E-state index is 12.0. The maximum Gasteiger partial charge on any atom is 0.472 e. The quantitative estimate of drug-likeness (QED) is 0.0511. The summed E-state index contributed by atoms with van der Waals surface area (Å²) in [6.45, 7) is 5.68. The zero-order valence-electron chi connectivity index (χ0n) is 25.1. The molecule has 0 aromatic heterocycles. The lowest BCUT2D eigenvalue weighted by atomic mass is 10.1. The average molecular weight is 579 g/mol. The van der Waals surface area contributed by atoms with Crippen LogP contribution in [0.5, 0.6) is 0 Å². The van der Waals surface area contributed by atoms with Crippen molar-refractivity contribution in [2.75, 3.05) is 26.4 Å². The van der Waals surface area contributed by atoms with Crippen LogP contribution in [0.25, 0.3) is 0 Å². The maximum absolute atomic E-state index is 12.0. The van der Waals surface area contributed by atoms with Gasteiger partial charge in [-0.2, -0.15) is 0 Å².